The zero-order chi connectivity index (χ0) is 27.4. The summed E-state index contributed by atoms with van der Waals surface area (Å²) in [4.78, 5) is 29.2. The molecule has 9 nitrogen and oxygen atoms in total. The van der Waals surface area contributed by atoms with Gasteiger partial charge in [0.15, 0.2) is 11.5 Å². The lowest BCUT2D eigenvalue weighted by Crippen LogP contribution is -2.48. The van der Waals surface area contributed by atoms with Crippen LogP contribution in [0.15, 0.2) is 66.7 Å². The number of nitrogens with one attached hydrogen (secondary N) is 1. The van der Waals surface area contributed by atoms with Gasteiger partial charge in [-0.05, 0) is 60.9 Å². The highest BCUT2D eigenvalue weighted by atomic mass is 19.1. The Bertz CT molecular complexity index is 1480. The molecule has 2 N–H and O–H groups in total. The van der Waals surface area contributed by atoms with Crippen LogP contribution in [-0.2, 0) is 16.1 Å². The number of amides is 2. The van der Waals surface area contributed by atoms with Crippen molar-refractivity contribution in [2.45, 2.75) is 50.7 Å². The average molecular weight is 532 g/mol. The second kappa shape index (κ2) is 11.5. The van der Waals surface area contributed by atoms with Crippen LogP contribution in [0.5, 0.6) is 11.5 Å². The number of hydrogen-bond donors (Lipinski definition) is 2. The van der Waals surface area contributed by atoms with Gasteiger partial charge in [0.05, 0.1) is 12.6 Å². The van der Waals surface area contributed by atoms with Gasteiger partial charge < -0.3 is 15.2 Å². The van der Waals surface area contributed by atoms with Crippen LogP contribution in [0.3, 0.4) is 0 Å². The maximum atomic E-state index is 14.5. The number of rotatable bonds is 8. The second-order valence-electron chi connectivity index (χ2n) is 9.66. The fourth-order valence-corrected chi connectivity index (χ4v) is 5.12. The molecule has 1 heterocycles. The molecule has 1 aliphatic rings. The molecular weight excluding hydrogens is 501 g/mol. The van der Waals surface area contributed by atoms with E-state index in [1.54, 1.807) is 24.3 Å². The van der Waals surface area contributed by atoms with E-state index in [1.165, 1.54) is 47.0 Å². The molecule has 39 heavy (non-hydrogen) atoms. The van der Waals surface area contributed by atoms with Gasteiger partial charge in [-0.25, -0.2) is 9.07 Å². The number of phenols is 1. The van der Waals surface area contributed by atoms with Gasteiger partial charge >= 0.3 is 0 Å². The van der Waals surface area contributed by atoms with E-state index in [2.05, 4.69) is 15.6 Å². The number of halogens is 1. The fourth-order valence-electron chi connectivity index (χ4n) is 5.12. The van der Waals surface area contributed by atoms with E-state index >= 15 is 0 Å². The minimum Gasteiger partial charge on any atom is -0.504 e. The second-order valence-corrected chi connectivity index (χ2v) is 9.66. The summed E-state index contributed by atoms with van der Waals surface area (Å²) >= 11 is 0. The molecule has 1 saturated carbocycles. The van der Waals surface area contributed by atoms with Gasteiger partial charge in [-0.2, -0.15) is 0 Å². The first-order chi connectivity index (χ1) is 18.9. The summed E-state index contributed by atoms with van der Waals surface area (Å²) in [5.74, 6) is -1.44. The highest BCUT2D eigenvalue weighted by Crippen LogP contribution is 2.35. The smallest absolute Gasteiger partial charge is 0.249 e. The van der Waals surface area contributed by atoms with E-state index in [0.29, 0.717) is 16.6 Å². The molecule has 1 fully saturated rings. The monoisotopic (exact) mass is 531 g/mol. The molecule has 202 valence electrons. The standard InChI is InChI=1S/C29H30FN5O4/c1-39-26-15-14-19(16-25(26)36)28(29(38)31-21-9-3-2-4-10-21)35(22-11-7-8-20(30)17-22)27(37)18-34-24-13-6-5-12-23(24)32-33-34/h5-8,11-17,21,28,36H,2-4,9-10,18H2,1H3,(H,31,38)/t28-/m0/s1. The third-order valence-electron chi connectivity index (χ3n) is 7.04. The molecular formula is C29H30FN5O4. The Morgan fingerprint density at radius 1 is 1.10 bits per heavy atom. The normalized spacial score (nSPS) is 14.6. The van der Waals surface area contributed by atoms with Crippen molar-refractivity contribution in [2.75, 3.05) is 12.0 Å². The lowest BCUT2D eigenvalue weighted by Gasteiger charge is -2.33. The van der Waals surface area contributed by atoms with Gasteiger partial charge in [0.1, 0.15) is 23.9 Å². The summed E-state index contributed by atoms with van der Waals surface area (Å²) < 4.78 is 21.1. The number of aromatic hydroxyl groups is 1. The molecule has 1 aromatic heterocycles. The molecule has 0 bridgehead atoms. The van der Waals surface area contributed by atoms with E-state index in [4.69, 9.17) is 4.74 Å². The lowest BCUT2D eigenvalue weighted by atomic mass is 9.94. The first-order valence-corrected chi connectivity index (χ1v) is 13.0. The number of carbonyl (C=O) groups is 2. The van der Waals surface area contributed by atoms with Crippen LogP contribution in [0.1, 0.15) is 43.7 Å². The Labute approximate surface area is 225 Å². The van der Waals surface area contributed by atoms with Crippen molar-refractivity contribution in [3.05, 3.63) is 78.1 Å². The Kier molecular flexibility index (Phi) is 7.72. The number of carbonyl (C=O) groups excluding carboxylic acids is 2. The summed E-state index contributed by atoms with van der Waals surface area (Å²) in [6, 6.07) is 16.1. The summed E-state index contributed by atoms with van der Waals surface area (Å²) in [6.45, 7) is -0.244. The third-order valence-corrected chi connectivity index (χ3v) is 7.04. The number of phenolic OH excluding ortho intramolecular Hbond substituents is 1. The van der Waals surface area contributed by atoms with Crippen molar-refractivity contribution in [1.29, 1.82) is 0 Å². The first kappa shape index (κ1) is 26.1. The van der Waals surface area contributed by atoms with E-state index in [0.717, 1.165) is 32.1 Å². The number of nitrogens with zero attached hydrogens (tertiary/aromatic N) is 4. The number of ether oxygens (including phenoxy) is 1. The summed E-state index contributed by atoms with van der Waals surface area (Å²) in [5, 5.41) is 21.9. The average Bonchev–Trinajstić information content (AvgIpc) is 3.34. The molecule has 0 spiro atoms. The number of fused-ring (bicyclic) bond motifs is 1. The molecule has 1 aliphatic carbocycles. The van der Waals surface area contributed by atoms with Gasteiger partial charge in [0.25, 0.3) is 0 Å². The van der Waals surface area contributed by atoms with Crippen molar-refractivity contribution in [2.24, 2.45) is 0 Å². The number of para-hydroxylation sites is 1. The highest BCUT2D eigenvalue weighted by molar-refractivity contribution is 6.01. The molecule has 0 unspecified atom stereocenters. The van der Waals surface area contributed by atoms with Crippen LogP contribution in [0.4, 0.5) is 10.1 Å². The Hall–Kier alpha value is -4.47. The number of anilines is 1. The Balaban J connectivity index is 1.59. The van der Waals surface area contributed by atoms with Crippen molar-refractivity contribution in [3.8, 4) is 11.5 Å². The topological polar surface area (TPSA) is 110 Å². The molecule has 4 aromatic rings. The van der Waals surface area contributed by atoms with Gasteiger partial charge in [-0.3, -0.25) is 14.5 Å². The van der Waals surface area contributed by atoms with E-state index in [1.807, 2.05) is 12.1 Å². The van der Waals surface area contributed by atoms with Crippen molar-refractivity contribution >= 4 is 28.5 Å². The van der Waals surface area contributed by atoms with Crippen LogP contribution in [0, 0.1) is 5.82 Å². The Morgan fingerprint density at radius 3 is 2.64 bits per heavy atom. The van der Waals surface area contributed by atoms with Gasteiger partial charge in [-0.15, -0.1) is 5.10 Å². The number of hydrogen-bond acceptors (Lipinski definition) is 6. The van der Waals surface area contributed by atoms with Crippen molar-refractivity contribution in [1.82, 2.24) is 20.3 Å². The summed E-state index contributed by atoms with van der Waals surface area (Å²) in [6.07, 6.45) is 4.80. The number of benzene rings is 3. The number of methoxy groups -OCH3 is 1. The molecule has 2 amide bonds. The quantitative estimate of drug-likeness (QED) is 0.346. The fraction of sp³-hybridized carbons (Fsp3) is 0.310. The zero-order valence-electron chi connectivity index (χ0n) is 21.6. The molecule has 1 atom stereocenters. The van der Waals surface area contributed by atoms with Crippen LogP contribution < -0.4 is 15.0 Å². The predicted octanol–water partition coefficient (Wildman–Crippen LogP) is 4.51. The minimum absolute atomic E-state index is 0.0377. The lowest BCUT2D eigenvalue weighted by molar-refractivity contribution is -0.127. The molecule has 0 aliphatic heterocycles. The minimum atomic E-state index is -1.20. The summed E-state index contributed by atoms with van der Waals surface area (Å²) in [7, 11) is 1.42. The van der Waals surface area contributed by atoms with Crippen molar-refractivity contribution in [3.63, 3.8) is 0 Å². The maximum Gasteiger partial charge on any atom is 0.249 e. The molecule has 0 saturated heterocycles. The highest BCUT2D eigenvalue weighted by Gasteiger charge is 2.35. The predicted molar refractivity (Wildman–Crippen MR) is 144 cm³/mol. The van der Waals surface area contributed by atoms with Gasteiger partial charge in [-0.1, -0.05) is 48.7 Å². The number of aromatic nitrogens is 3. The van der Waals surface area contributed by atoms with E-state index in [9.17, 15) is 19.1 Å². The molecule has 5 rings (SSSR count). The van der Waals surface area contributed by atoms with Crippen LogP contribution in [0.25, 0.3) is 11.0 Å². The van der Waals surface area contributed by atoms with Crippen molar-refractivity contribution < 1.29 is 23.8 Å². The SMILES string of the molecule is COc1ccc([C@@H](C(=O)NC2CCCCC2)N(C(=O)Cn2nnc3ccccc32)c2cccc(F)c2)cc1O. The Morgan fingerprint density at radius 2 is 1.90 bits per heavy atom. The molecule has 10 heteroatoms. The largest absolute Gasteiger partial charge is 0.504 e. The van der Waals surface area contributed by atoms with Gasteiger partial charge in [0.2, 0.25) is 11.8 Å². The third kappa shape index (κ3) is 5.69. The van der Waals surface area contributed by atoms with E-state index in [-0.39, 0.29) is 29.8 Å². The van der Waals surface area contributed by atoms with Crippen LogP contribution in [0.2, 0.25) is 0 Å². The van der Waals surface area contributed by atoms with Gasteiger partial charge in [0, 0.05) is 11.7 Å². The molecule has 3 aromatic carbocycles. The zero-order valence-corrected chi connectivity index (χ0v) is 21.6. The van der Waals surface area contributed by atoms with Crippen LogP contribution in [-0.4, -0.2) is 45.1 Å². The first-order valence-electron chi connectivity index (χ1n) is 13.0. The van der Waals surface area contributed by atoms with E-state index < -0.39 is 23.7 Å². The van der Waals surface area contributed by atoms with Crippen LogP contribution >= 0.6 is 0 Å². The summed E-state index contributed by atoms with van der Waals surface area (Å²) in [5.41, 5.74) is 1.82. The molecule has 0 radical (unpaired) electrons. The maximum absolute atomic E-state index is 14.5.